The standard InChI is InChI=1S/C25H20N2O3S/c1-26-20-11-7-6-10-19(20)21-22(24(26)29)31-25(16-12-14-18(30-2)15-13-16)27(23(21)28)17-8-4-3-5-9-17/h3-15,25H,1-2H3. The summed E-state index contributed by atoms with van der Waals surface area (Å²) in [7, 11) is 3.37. The molecule has 1 atom stereocenters. The van der Waals surface area contributed by atoms with Crippen molar-refractivity contribution in [3.8, 4) is 5.75 Å². The van der Waals surface area contributed by atoms with Crippen molar-refractivity contribution in [1.29, 1.82) is 0 Å². The molecule has 0 radical (unpaired) electrons. The Kier molecular flexibility index (Phi) is 4.79. The summed E-state index contributed by atoms with van der Waals surface area (Å²) in [6.07, 6.45) is 0. The van der Waals surface area contributed by atoms with Crippen LogP contribution < -0.4 is 15.2 Å². The van der Waals surface area contributed by atoms with Gasteiger partial charge in [-0.25, -0.2) is 0 Å². The molecule has 5 nitrogen and oxygen atoms in total. The first-order valence-electron chi connectivity index (χ1n) is 9.91. The molecule has 1 aromatic heterocycles. The molecule has 0 aliphatic carbocycles. The maximum absolute atomic E-state index is 13.9. The fourth-order valence-corrected chi connectivity index (χ4v) is 5.40. The van der Waals surface area contributed by atoms with E-state index < -0.39 is 0 Å². The van der Waals surface area contributed by atoms with Crippen LogP contribution in [0.4, 0.5) is 5.69 Å². The van der Waals surface area contributed by atoms with Crippen molar-refractivity contribution in [3.05, 3.63) is 100 Å². The Balaban J connectivity index is 1.77. The fraction of sp³-hybridized carbons (Fsp3) is 0.120. The van der Waals surface area contributed by atoms with E-state index in [-0.39, 0.29) is 16.8 Å². The topological polar surface area (TPSA) is 51.5 Å². The second kappa shape index (κ2) is 7.63. The average molecular weight is 429 g/mol. The number of carbonyl (C=O) groups is 1. The summed E-state index contributed by atoms with van der Waals surface area (Å²) in [5.74, 6) is 0.569. The van der Waals surface area contributed by atoms with E-state index in [9.17, 15) is 9.59 Å². The van der Waals surface area contributed by atoms with Gasteiger partial charge in [-0.05, 0) is 35.9 Å². The summed E-state index contributed by atoms with van der Waals surface area (Å²) in [5.41, 5.74) is 2.77. The summed E-state index contributed by atoms with van der Waals surface area (Å²) in [6.45, 7) is 0. The number of pyridine rings is 1. The Morgan fingerprint density at radius 3 is 2.26 bits per heavy atom. The van der Waals surface area contributed by atoms with Gasteiger partial charge < -0.3 is 9.30 Å². The summed E-state index contributed by atoms with van der Waals surface area (Å²) >= 11 is 1.42. The Bertz CT molecular complexity index is 1350. The smallest absolute Gasteiger partial charge is 0.265 e. The minimum absolute atomic E-state index is 0.154. The van der Waals surface area contributed by atoms with Crippen LogP contribution in [0.2, 0.25) is 0 Å². The van der Waals surface area contributed by atoms with Crippen molar-refractivity contribution in [2.45, 2.75) is 10.3 Å². The maximum atomic E-state index is 13.9. The van der Waals surface area contributed by atoms with Gasteiger partial charge in [-0.15, -0.1) is 0 Å². The molecule has 154 valence electrons. The lowest BCUT2D eigenvalue weighted by atomic mass is 10.1. The second-order valence-corrected chi connectivity index (χ2v) is 8.43. The third kappa shape index (κ3) is 3.11. The highest BCUT2D eigenvalue weighted by atomic mass is 32.2. The lowest BCUT2D eigenvalue weighted by molar-refractivity contribution is 0.0980. The minimum atomic E-state index is -0.373. The van der Waals surface area contributed by atoms with Crippen LogP contribution in [-0.2, 0) is 7.05 Å². The number of rotatable bonds is 3. The first kappa shape index (κ1) is 19.5. The van der Waals surface area contributed by atoms with E-state index in [0.717, 1.165) is 27.9 Å². The number of nitrogens with zero attached hydrogens (tertiary/aromatic N) is 2. The molecule has 0 saturated heterocycles. The number of ether oxygens (including phenoxy) is 1. The Hall–Kier alpha value is -3.51. The van der Waals surface area contributed by atoms with Crippen LogP contribution in [0.15, 0.2) is 88.6 Å². The quantitative estimate of drug-likeness (QED) is 0.461. The van der Waals surface area contributed by atoms with Crippen molar-refractivity contribution in [2.75, 3.05) is 12.0 Å². The summed E-state index contributed by atoms with van der Waals surface area (Å²) < 4.78 is 6.91. The van der Waals surface area contributed by atoms with Gasteiger partial charge in [-0.2, -0.15) is 0 Å². The number of hydrogen-bond acceptors (Lipinski definition) is 4. The highest BCUT2D eigenvalue weighted by molar-refractivity contribution is 7.99. The number of anilines is 1. The van der Waals surface area contributed by atoms with Gasteiger partial charge in [0.05, 0.1) is 23.1 Å². The lowest BCUT2D eigenvalue weighted by Crippen LogP contribution is -2.40. The lowest BCUT2D eigenvalue weighted by Gasteiger charge is -2.36. The molecule has 4 aromatic rings. The molecular weight excluding hydrogens is 408 g/mol. The zero-order valence-electron chi connectivity index (χ0n) is 17.1. The molecule has 0 N–H and O–H groups in total. The van der Waals surface area contributed by atoms with E-state index in [1.165, 1.54) is 11.8 Å². The summed E-state index contributed by atoms with van der Waals surface area (Å²) in [6, 6.07) is 24.8. The number of aryl methyl sites for hydroxylation is 1. The Labute approximate surface area is 183 Å². The number of fused-ring (bicyclic) bond motifs is 3. The van der Waals surface area contributed by atoms with Crippen LogP contribution in [0.25, 0.3) is 10.9 Å². The van der Waals surface area contributed by atoms with Crippen LogP contribution in [0.1, 0.15) is 21.3 Å². The third-order valence-electron chi connectivity index (χ3n) is 5.59. The largest absolute Gasteiger partial charge is 0.497 e. The molecule has 0 fully saturated rings. The van der Waals surface area contributed by atoms with Gasteiger partial charge in [0, 0.05) is 18.1 Å². The molecule has 5 rings (SSSR count). The number of aromatic nitrogens is 1. The highest BCUT2D eigenvalue weighted by Gasteiger charge is 2.38. The van der Waals surface area contributed by atoms with Gasteiger partial charge in [0.1, 0.15) is 11.1 Å². The molecule has 1 aliphatic rings. The SMILES string of the molecule is COc1ccc(C2Sc3c(c4ccccc4n(C)c3=O)C(=O)N2c2ccccc2)cc1. The van der Waals surface area contributed by atoms with Crippen molar-refractivity contribution >= 4 is 34.3 Å². The third-order valence-corrected chi connectivity index (χ3v) is 6.91. The molecule has 1 unspecified atom stereocenters. The van der Waals surface area contributed by atoms with Gasteiger partial charge in [-0.3, -0.25) is 14.5 Å². The van der Waals surface area contributed by atoms with E-state index in [0.29, 0.717) is 10.5 Å². The van der Waals surface area contributed by atoms with Gasteiger partial charge in [0.2, 0.25) is 0 Å². The number of para-hydroxylation sites is 2. The van der Waals surface area contributed by atoms with Gasteiger partial charge >= 0.3 is 0 Å². The van der Waals surface area contributed by atoms with E-state index in [2.05, 4.69) is 0 Å². The molecule has 6 heteroatoms. The van der Waals surface area contributed by atoms with Gasteiger partial charge in [0.25, 0.3) is 11.5 Å². The zero-order chi connectivity index (χ0) is 21.5. The van der Waals surface area contributed by atoms with E-state index in [1.54, 1.807) is 23.6 Å². The molecule has 0 saturated carbocycles. The minimum Gasteiger partial charge on any atom is -0.497 e. The molecule has 0 spiro atoms. The van der Waals surface area contributed by atoms with Gasteiger partial charge in [-0.1, -0.05) is 60.3 Å². The predicted molar refractivity (Wildman–Crippen MR) is 124 cm³/mol. The van der Waals surface area contributed by atoms with Crippen molar-refractivity contribution in [1.82, 2.24) is 4.57 Å². The highest BCUT2D eigenvalue weighted by Crippen LogP contribution is 2.47. The molecule has 3 aromatic carbocycles. The zero-order valence-corrected chi connectivity index (χ0v) is 17.9. The number of methoxy groups -OCH3 is 1. The van der Waals surface area contributed by atoms with E-state index in [4.69, 9.17) is 4.74 Å². The number of benzene rings is 3. The van der Waals surface area contributed by atoms with E-state index >= 15 is 0 Å². The molecule has 1 amide bonds. The van der Waals surface area contributed by atoms with Crippen LogP contribution in [0.3, 0.4) is 0 Å². The predicted octanol–water partition coefficient (Wildman–Crippen LogP) is 5.00. The number of carbonyl (C=O) groups excluding carboxylic acids is 1. The molecule has 2 heterocycles. The Morgan fingerprint density at radius 1 is 0.871 bits per heavy atom. The summed E-state index contributed by atoms with van der Waals surface area (Å²) in [4.78, 5) is 29.4. The average Bonchev–Trinajstić information content (AvgIpc) is 2.82. The van der Waals surface area contributed by atoms with Crippen LogP contribution >= 0.6 is 11.8 Å². The first-order chi connectivity index (χ1) is 15.1. The summed E-state index contributed by atoms with van der Waals surface area (Å²) in [5, 5.41) is 0.411. The van der Waals surface area contributed by atoms with Crippen LogP contribution in [0.5, 0.6) is 5.75 Å². The Morgan fingerprint density at radius 2 is 1.55 bits per heavy atom. The van der Waals surface area contributed by atoms with Crippen LogP contribution in [-0.4, -0.2) is 17.6 Å². The molecule has 0 bridgehead atoms. The number of hydrogen-bond donors (Lipinski definition) is 0. The maximum Gasteiger partial charge on any atom is 0.265 e. The van der Waals surface area contributed by atoms with Crippen molar-refractivity contribution < 1.29 is 9.53 Å². The van der Waals surface area contributed by atoms with E-state index in [1.807, 2.05) is 78.9 Å². The molecular formula is C25H20N2O3S. The first-order valence-corrected chi connectivity index (χ1v) is 10.8. The van der Waals surface area contributed by atoms with Crippen molar-refractivity contribution in [2.24, 2.45) is 7.05 Å². The normalized spacial score (nSPS) is 15.7. The van der Waals surface area contributed by atoms with Crippen molar-refractivity contribution in [3.63, 3.8) is 0 Å². The van der Waals surface area contributed by atoms with Crippen LogP contribution in [0, 0.1) is 0 Å². The fourth-order valence-electron chi connectivity index (χ4n) is 4.01. The number of amides is 1. The number of thioether (sulfide) groups is 1. The monoisotopic (exact) mass is 428 g/mol. The molecule has 31 heavy (non-hydrogen) atoms. The van der Waals surface area contributed by atoms with Gasteiger partial charge in [0.15, 0.2) is 0 Å². The second-order valence-electron chi connectivity index (χ2n) is 7.34. The molecule has 1 aliphatic heterocycles.